The average Bonchev–Trinajstić information content (AvgIpc) is 2.97. The summed E-state index contributed by atoms with van der Waals surface area (Å²) in [5, 5.41) is 16.1. The van der Waals surface area contributed by atoms with Crippen LogP contribution in [0, 0.1) is 0 Å². The maximum absolute atomic E-state index is 12.0. The Balaban J connectivity index is 2.03. The maximum atomic E-state index is 12.0. The van der Waals surface area contributed by atoms with E-state index < -0.39 is 5.97 Å². The molecule has 1 amide bonds. The Labute approximate surface area is 119 Å². The Morgan fingerprint density at radius 2 is 2.25 bits per heavy atom. The van der Waals surface area contributed by atoms with Gasteiger partial charge in [-0.2, -0.15) is 5.10 Å². The molecule has 2 aromatic heterocycles. The number of carboxylic acid groups (broad SMARTS) is 1. The van der Waals surface area contributed by atoms with E-state index in [1.807, 2.05) is 13.8 Å². The summed E-state index contributed by atoms with van der Waals surface area (Å²) in [6, 6.07) is 1.55. The zero-order chi connectivity index (χ0) is 14.7. The van der Waals surface area contributed by atoms with E-state index in [2.05, 4.69) is 15.4 Å². The van der Waals surface area contributed by atoms with Gasteiger partial charge in [-0.15, -0.1) is 11.3 Å². The van der Waals surface area contributed by atoms with Gasteiger partial charge in [-0.1, -0.05) is 13.8 Å². The summed E-state index contributed by atoms with van der Waals surface area (Å²) in [6.45, 7) is 3.77. The fourth-order valence-electron chi connectivity index (χ4n) is 1.49. The highest BCUT2D eigenvalue weighted by atomic mass is 32.1. The molecule has 0 fully saturated rings. The number of nitrogens with zero attached hydrogens (tertiary/aromatic N) is 3. The van der Waals surface area contributed by atoms with Gasteiger partial charge in [0, 0.05) is 18.2 Å². The summed E-state index contributed by atoms with van der Waals surface area (Å²) >= 11 is 1.33. The third-order valence-electron chi connectivity index (χ3n) is 2.42. The van der Waals surface area contributed by atoms with Crippen LogP contribution in [0.1, 0.15) is 34.4 Å². The average molecular weight is 294 g/mol. The minimum absolute atomic E-state index is 0.242. The molecule has 0 spiro atoms. The standard InChI is InChI=1S/C12H14N4O3S/c1-7(2)12-13-5-8(20-12)11(19)14-9-3-4-16(15-9)6-10(17)18/h3-5,7H,6H2,1-2H3,(H,17,18)(H,14,15,19). The van der Waals surface area contributed by atoms with E-state index in [0.717, 1.165) is 5.01 Å². The van der Waals surface area contributed by atoms with Crippen molar-refractivity contribution in [3.8, 4) is 0 Å². The lowest BCUT2D eigenvalue weighted by atomic mass is 10.2. The van der Waals surface area contributed by atoms with Gasteiger partial charge in [0.25, 0.3) is 5.91 Å². The number of hydrogen-bond acceptors (Lipinski definition) is 5. The molecule has 2 rings (SSSR count). The highest BCUT2D eigenvalue weighted by Crippen LogP contribution is 2.21. The number of anilines is 1. The Morgan fingerprint density at radius 3 is 2.85 bits per heavy atom. The maximum Gasteiger partial charge on any atom is 0.325 e. The number of carbonyl (C=O) groups excluding carboxylic acids is 1. The lowest BCUT2D eigenvalue weighted by molar-refractivity contribution is -0.137. The number of aliphatic carboxylic acids is 1. The normalized spacial score (nSPS) is 10.8. The number of hydrogen-bond donors (Lipinski definition) is 2. The molecule has 0 saturated carbocycles. The summed E-state index contributed by atoms with van der Waals surface area (Å²) in [7, 11) is 0. The van der Waals surface area contributed by atoms with E-state index >= 15 is 0 Å². The largest absolute Gasteiger partial charge is 0.480 e. The van der Waals surface area contributed by atoms with Crippen LogP contribution in [0.5, 0.6) is 0 Å². The van der Waals surface area contributed by atoms with Gasteiger partial charge in [0.05, 0.1) is 11.2 Å². The van der Waals surface area contributed by atoms with Crippen LogP contribution in [0.3, 0.4) is 0 Å². The quantitative estimate of drug-likeness (QED) is 0.876. The van der Waals surface area contributed by atoms with Crippen molar-refractivity contribution in [2.75, 3.05) is 5.32 Å². The van der Waals surface area contributed by atoms with Crippen molar-refractivity contribution in [3.63, 3.8) is 0 Å². The molecule has 0 aromatic carbocycles. The minimum Gasteiger partial charge on any atom is -0.480 e. The molecule has 106 valence electrons. The van der Waals surface area contributed by atoms with Crippen LogP contribution in [0.25, 0.3) is 0 Å². The van der Waals surface area contributed by atoms with Crippen molar-refractivity contribution < 1.29 is 14.7 Å². The van der Waals surface area contributed by atoms with Crippen molar-refractivity contribution in [1.82, 2.24) is 14.8 Å². The van der Waals surface area contributed by atoms with Crippen LogP contribution >= 0.6 is 11.3 Å². The van der Waals surface area contributed by atoms with Gasteiger partial charge in [-0.05, 0) is 0 Å². The molecular formula is C12H14N4O3S. The fraction of sp³-hybridized carbons (Fsp3) is 0.333. The van der Waals surface area contributed by atoms with Crippen LogP contribution < -0.4 is 5.32 Å². The summed E-state index contributed by atoms with van der Waals surface area (Å²) in [4.78, 5) is 27.2. The second-order valence-electron chi connectivity index (χ2n) is 4.46. The predicted octanol–water partition coefficient (Wildman–Crippen LogP) is 1.80. The molecule has 8 heteroatoms. The highest BCUT2D eigenvalue weighted by molar-refractivity contribution is 7.13. The van der Waals surface area contributed by atoms with Crippen LogP contribution in [0.15, 0.2) is 18.5 Å². The first kappa shape index (κ1) is 14.2. The second kappa shape index (κ2) is 5.83. The molecule has 2 N–H and O–H groups in total. The minimum atomic E-state index is -0.991. The van der Waals surface area contributed by atoms with Crippen LogP contribution in [0.2, 0.25) is 0 Å². The molecular weight excluding hydrogens is 280 g/mol. The topological polar surface area (TPSA) is 97.1 Å². The zero-order valence-corrected chi connectivity index (χ0v) is 11.8. The van der Waals surface area contributed by atoms with Crippen molar-refractivity contribution in [1.29, 1.82) is 0 Å². The molecule has 2 heterocycles. The molecule has 2 aromatic rings. The van der Waals surface area contributed by atoms with Gasteiger partial charge in [-0.3, -0.25) is 14.3 Å². The van der Waals surface area contributed by atoms with Gasteiger partial charge in [0.15, 0.2) is 5.82 Å². The number of amides is 1. The van der Waals surface area contributed by atoms with Crippen molar-refractivity contribution in [3.05, 3.63) is 28.3 Å². The molecule has 0 aliphatic rings. The lowest BCUT2D eigenvalue weighted by Crippen LogP contribution is -2.13. The summed E-state index contributed by atoms with van der Waals surface area (Å²) in [5.41, 5.74) is 0. The number of carbonyl (C=O) groups is 2. The van der Waals surface area contributed by atoms with E-state index in [1.54, 1.807) is 6.07 Å². The van der Waals surface area contributed by atoms with E-state index in [4.69, 9.17) is 5.11 Å². The number of aromatic nitrogens is 3. The lowest BCUT2D eigenvalue weighted by Gasteiger charge is -1.99. The predicted molar refractivity (Wildman–Crippen MR) is 74.0 cm³/mol. The second-order valence-corrected chi connectivity index (χ2v) is 5.53. The van der Waals surface area contributed by atoms with E-state index in [-0.39, 0.29) is 18.4 Å². The fourth-order valence-corrected chi connectivity index (χ4v) is 2.31. The van der Waals surface area contributed by atoms with Crippen LogP contribution in [-0.4, -0.2) is 31.7 Å². The molecule has 0 saturated heterocycles. The number of nitrogens with one attached hydrogen (secondary N) is 1. The SMILES string of the molecule is CC(C)c1ncc(C(=O)Nc2ccn(CC(=O)O)n2)s1. The van der Waals surface area contributed by atoms with Crippen LogP contribution in [0.4, 0.5) is 5.82 Å². The molecule has 0 unspecified atom stereocenters. The first-order chi connectivity index (χ1) is 9.45. The summed E-state index contributed by atoms with van der Waals surface area (Å²) < 4.78 is 1.24. The van der Waals surface area contributed by atoms with Gasteiger partial charge in [-0.25, -0.2) is 4.98 Å². The van der Waals surface area contributed by atoms with Gasteiger partial charge in [0.1, 0.15) is 11.4 Å². The third kappa shape index (κ3) is 3.41. The zero-order valence-electron chi connectivity index (χ0n) is 11.0. The van der Waals surface area contributed by atoms with Gasteiger partial charge >= 0.3 is 5.97 Å². The first-order valence-corrected chi connectivity index (χ1v) is 6.79. The Bertz CT molecular complexity index is 632. The number of thiazole rings is 1. The van der Waals surface area contributed by atoms with E-state index in [0.29, 0.717) is 10.7 Å². The monoisotopic (exact) mass is 294 g/mol. The smallest absolute Gasteiger partial charge is 0.325 e. The molecule has 7 nitrogen and oxygen atoms in total. The molecule has 20 heavy (non-hydrogen) atoms. The van der Waals surface area contributed by atoms with Crippen LogP contribution in [-0.2, 0) is 11.3 Å². The van der Waals surface area contributed by atoms with Crippen molar-refractivity contribution in [2.45, 2.75) is 26.3 Å². The number of carboxylic acids is 1. The molecule has 0 radical (unpaired) electrons. The van der Waals surface area contributed by atoms with Crippen molar-refractivity contribution >= 4 is 29.0 Å². The number of rotatable bonds is 5. The Hall–Kier alpha value is -2.22. The first-order valence-electron chi connectivity index (χ1n) is 5.98. The van der Waals surface area contributed by atoms with Gasteiger partial charge < -0.3 is 10.4 Å². The molecule has 0 aliphatic carbocycles. The van der Waals surface area contributed by atoms with E-state index in [1.165, 1.54) is 28.4 Å². The molecule has 0 aliphatic heterocycles. The Morgan fingerprint density at radius 1 is 1.50 bits per heavy atom. The highest BCUT2D eigenvalue weighted by Gasteiger charge is 2.13. The van der Waals surface area contributed by atoms with Gasteiger partial charge in [0.2, 0.25) is 0 Å². The molecule has 0 atom stereocenters. The summed E-state index contributed by atoms with van der Waals surface area (Å²) in [6.07, 6.45) is 3.03. The summed E-state index contributed by atoms with van der Waals surface area (Å²) in [5.74, 6) is -0.697. The van der Waals surface area contributed by atoms with E-state index in [9.17, 15) is 9.59 Å². The van der Waals surface area contributed by atoms with Crippen molar-refractivity contribution in [2.24, 2.45) is 0 Å². The molecule has 0 bridgehead atoms. The third-order valence-corrected chi connectivity index (χ3v) is 3.72. The Kier molecular flexibility index (Phi) is 4.14.